The molecule has 6 nitrogen and oxygen atoms in total. The minimum absolute atomic E-state index is 0.148. The number of carbonyl (C=O) groups is 1. The van der Waals surface area contributed by atoms with Gasteiger partial charge in [-0.2, -0.15) is 35.2 Å². The van der Waals surface area contributed by atoms with Gasteiger partial charge in [-0.05, 0) is 11.5 Å². The Bertz CT molecular complexity index is 393. The van der Waals surface area contributed by atoms with Crippen molar-refractivity contribution >= 4 is 37.2 Å². The van der Waals surface area contributed by atoms with Crippen molar-refractivity contribution in [3.8, 4) is 0 Å². The highest BCUT2D eigenvalue weighted by Crippen LogP contribution is 2.08. The molecule has 0 bridgehead atoms. The van der Waals surface area contributed by atoms with Crippen LogP contribution in [0.1, 0.15) is 11.6 Å². The molecule has 1 N–H and O–H groups in total. The van der Waals surface area contributed by atoms with Crippen molar-refractivity contribution in [1.29, 1.82) is 0 Å². The average Bonchev–Trinajstić information content (AvgIpc) is 2.28. The lowest BCUT2D eigenvalue weighted by Gasteiger charge is -2.15. The number of aliphatic carboxylic acids is 1. The number of aromatic nitrogens is 3. The summed E-state index contributed by atoms with van der Waals surface area (Å²) in [5, 5.41) is 8.75. The van der Waals surface area contributed by atoms with Crippen LogP contribution in [0.25, 0.3) is 0 Å². The normalized spacial score (nSPS) is 10.4. The van der Waals surface area contributed by atoms with E-state index in [1.807, 2.05) is 0 Å². The molecule has 1 aromatic heterocycles. The van der Waals surface area contributed by atoms with Gasteiger partial charge in [0.1, 0.15) is 18.2 Å². The Kier molecular flexibility index (Phi) is 6.20. The topological polar surface area (TPSA) is 79.2 Å². The molecule has 0 unspecified atom stereocenters. The summed E-state index contributed by atoms with van der Waals surface area (Å²) in [7, 11) is 1.64. The van der Waals surface area contributed by atoms with E-state index in [1.54, 1.807) is 7.05 Å². The largest absolute Gasteiger partial charge is 0.480 e. The summed E-state index contributed by atoms with van der Waals surface area (Å²) < 4.78 is 0. The van der Waals surface area contributed by atoms with Crippen molar-refractivity contribution in [2.75, 3.05) is 30.0 Å². The first kappa shape index (κ1) is 15.0. The van der Waals surface area contributed by atoms with Crippen molar-refractivity contribution in [3.63, 3.8) is 0 Å². The van der Waals surface area contributed by atoms with E-state index in [0.717, 1.165) is 0 Å². The van der Waals surface area contributed by atoms with Gasteiger partial charge in [0.15, 0.2) is 0 Å². The Morgan fingerprint density at radius 3 is 2.06 bits per heavy atom. The molecule has 0 amide bonds. The molecular formula is C10H16N4O2S2. The zero-order chi connectivity index (χ0) is 13.5. The predicted octanol–water partition coefficient (Wildman–Crippen LogP) is 0.337. The van der Waals surface area contributed by atoms with Crippen LogP contribution in [0.5, 0.6) is 0 Å². The molecule has 0 saturated carbocycles. The van der Waals surface area contributed by atoms with Gasteiger partial charge in [-0.15, -0.1) is 0 Å². The van der Waals surface area contributed by atoms with Crippen LogP contribution in [-0.2, 0) is 17.6 Å². The maximum absolute atomic E-state index is 10.7. The molecule has 0 radical (unpaired) electrons. The number of likely N-dealkylation sites (N-methyl/N-ethyl adjacent to an activating group) is 1. The van der Waals surface area contributed by atoms with Crippen molar-refractivity contribution in [1.82, 2.24) is 15.0 Å². The van der Waals surface area contributed by atoms with E-state index in [1.165, 1.54) is 4.90 Å². The average molecular weight is 288 g/mol. The molecule has 0 fully saturated rings. The van der Waals surface area contributed by atoms with Gasteiger partial charge in [0.25, 0.3) is 0 Å². The molecule has 0 aliphatic heterocycles. The van der Waals surface area contributed by atoms with Gasteiger partial charge in [0.2, 0.25) is 5.95 Å². The third-order valence-corrected chi connectivity index (χ3v) is 2.55. The molecule has 1 heterocycles. The lowest BCUT2D eigenvalue weighted by molar-refractivity contribution is -0.135. The summed E-state index contributed by atoms with van der Waals surface area (Å²) in [6.45, 7) is -0.148. The third kappa shape index (κ3) is 4.69. The van der Waals surface area contributed by atoms with Crippen LogP contribution in [0.2, 0.25) is 0 Å². The molecule has 1 rings (SSSR count). The van der Waals surface area contributed by atoms with E-state index in [0.29, 0.717) is 41.9 Å². The van der Waals surface area contributed by atoms with E-state index in [9.17, 15) is 4.79 Å². The maximum Gasteiger partial charge on any atom is 0.323 e. The quantitative estimate of drug-likeness (QED) is 0.628. The van der Waals surface area contributed by atoms with E-state index < -0.39 is 5.97 Å². The van der Waals surface area contributed by atoms with Crippen LogP contribution in [0.4, 0.5) is 5.95 Å². The second kappa shape index (κ2) is 7.42. The molecule has 0 spiro atoms. The number of hydrogen-bond donors (Lipinski definition) is 3. The molecular weight excluding hydrogens is 272 g/mol. The van der Waals surface area contributed by atoms with Gasteiger partial charge in [-0.25, -0.2) is 4.98 Å². The molecule has 8 heteroatoms. The molecule has 0 atom stereocenters. The number of nitrogens with zero attached hydrogens (tertiary/aromatic N) is 4. The first-order valence-corrected chi connectivity index (χ1v) is 6.71. The highest BCUT2D eigenvalue weighted by Gasteiger charge is 2.12. The summed E-state index contributed by atoms with van der Waals surface area (Å²) in [6, 6.07) is 0. The van der Waals surface area contributed by atoms with Gasteiger partial charge in [0.05, 0.1) is 0 Å². The lowest BCUT2D eigenvalue weighted by Crippen LogP contribution is -2.28. The van der Waals surface area contributed by atoms with Crippen molar-refractivity contribution in [2.24, 2.45) is 0 Å². The van der Waals surface area contributed by atoms with Gasteiger partial charge in [-0.1, -0.05) is 0 Å². The fourth-order valence-electron chi connectivity index (χ4n) is 1.32. The summed E-state index contributed by atoms with van der Waals surface area (Å²) in [5.41, 5.74) is 0. The summed E-state index contributed by atoms with van der Waals surface area (Å²) in [4.78, 5) is 24.9. The van der Waals surface area contributed by atoms with Crippen LogP contribution >= 0.6 is 25.3 Å². The SMILES string of the molecule is CN(CC(=O)O)c1nc(CCS)nc(CCS)n1. The van der Waals surface area contributed by atoms with Crippen LogP contribution in [0.3, 0.4) is 0 Å². The number of rotatable bonds is 7. The van der Waals surface area contributed by atoms with E-state index in [-0.39, 0.29) is 6.54 Å². The lowest BCUT2D eigenvalue weighted by atomic mass is 10.4. The number of aryl methyl sites for hydroxylation is 2. The molecule has 0 aliphatic rings. The smallest absolute Gasteiger partial charge is 0.323 e. The van der Waals surface area contributed by atoms with Gasteiger partial charge in [0, 0.05) is 19.9 Å². The maximum atomic E-state index is 10.7. The van der Waals surface area contributed by atoms with Crippen LogP contribution in [0, 0.1) is 0 Å². The van der Waals surface area contributed by atoms with Crippen molar-refractivity contribution < 1.29 is 9.90 Å². The zero-order valence-corrected chi connectivity index (χ0v) is 11.9. The monoisotopic (exact) mass is 288 g/mol. The number of hydrogen-bond acceptors (Lipinski definition) is 7. The Morgan fingerprint density at radius 1 is 1.17 bits per heavy atom. The highest BCUT2D eigenvalue weighted by molar-refractivity contribution is 7.80. The van der Waals surface area contributed by atoms with Gasteiger partial charge >= 0.3 is 5.97 Å². The molecule has 1 aromatic rings. The minimum atomic E-state index is -0.926. The Labute approximate surface area is 117 Å². The summed E-state index contributed by atoms with van der Waals surface area (Å²) in [6.07, 6.45) is 1.25. The summed E-state index contributed by atoms with van der Waals surface area (Å²) >= 11 is 8.27. The Balaban J connectivity index is 2.97. The van der Waals surface area contributed by atoms with Crippen LogP contribution < -0.4 is 4.90 Å². The number of thiol groups is 2. The molecule has 18 heavy (non-hydrogen) atoms. The second-order valence-corrected chi connectivity index (χ2v) is 4.56. The van der Waals surface area contributed by atoms with E-state index >= 15 is 0 Å². The molecule has 0 saturated heterocycles. The second-order valence-electron chi connectivity index (χ2n) is 3.66. The molecule has 0 aliphatic carbocycles. The number of carboxylic acids is 1. The first-order valence-electron chi connectivity index (χ1n) is 5.45. The van der Waals surface area contributed by atoms with Crippen molar-refractivity contribution in [2.45, 2.75) is 12.8 Å². The van der Waals surface area contributed by atoms with E-state index in [2.05, 4.69) is 40.2 Å². The standard InChI is InChI=1S/C10H16N4O2S2/c1-14(6-9(15)16)10-12-7(2-4-17)11-8(13-10)3-5-18/h17-18H,2-6H2,1H3,(H,15,16). The Morgan fingerprint density at radius 2 is 1.67 bits per heavy atom. The number of carboxylic acid groups (broad SMARTS) is 1. The molecule has 0 aromatic carbocycles. The van der Waals surface area contributed by atoms with Gasteiger partial charge < -0.3 is 10.0 Å². The van der Waals surface area contributed by atoms with Crippen LogP contribution in [-0.4, -0.2) is 51.1 Å². The van der Waals surface area contributed by atoms with Crippen LogP contribution in [0.15, 0.2) is 0 Å². The van der Waals surface area contributed by atoms with Gasteiger partial charge in [-0.3, -0.25) is 4.79 Å². The minimum Gasteiger partial charge on any atom is -0.480 e. The Hall–Kier alpha value is -1.02. The summed E-state index contributed by atoms with van der Waals surface area (Å²) in [5.74, 6) is 1.97. The fourth-order valence-corrected chi connectivity index (χ4v) is 1.72. The first-order chi connectivity index (χ1) is 8.56. The van der Waals surface area contributed by atoms with E-state index in [4.69, 9.17) is 5.11 Å². The zero-order valence-electron chi connectivity index (χ0n) is 10.1. The molecule has 100 valence electrons. The highest BCUT2D eigenvalue weighted by atomic mass is 32.1. The predicted molar refractivity (Wildman–Crippen MR) is 75.8 cm³/mol. The third-order valence-electron chi connectivity index (χ3n) is 2.10. The van der Waals surface area contributed by atoms with Crippen molar-refractivity contribution in [3.05, 3.63) is 11.6 Å². The fraction of sp³-hybridized carbons (Fsp3) is 0.600. The number of anilines is 1.